The lowest BCUT2D eigenvalue weighted by Gasteiger charge is -2.36. The number of nitrogens with one attached hydrogen (secondary N) is 1. The second-order valence-electron chi connectivity index (χ2n) is 7.52. The second kappa shape index (κ2) is 8.92. The Hall–Kier alpha value is -2.24. The molecular formula is C20H31N3O3. The molecule has 144 valence electrons. The molecule has 6 heteroatoms. The first kappa shape index (κ1) is 20.1. The normalized spacial score (nSPS) is 14.9. The van der Waals surface area contributed by atoms with Gasteiger partial charge in [-0.15, -0.1) is 0 Å². The zero-order valence-electron chi connectivity index (χ0n) is 16.4. The molecule has 1 saturated heterocycles. The number of anilines is 1. The Morgan fingerprint density at radius 2 is 1.77 bits per heavy atom. The molecule has 1 aromatic rings. The van der Waals surface area contributed by atoms with E-state index in [4.69, 9.17) is 4.74 Å². The van der Waals surface area contributed by atoms with E-state index in [-0.39, 0.29) is 11.8 Å². The number of carbonyl (C=O) groups is 2. The summed E-state index contributed by atoms with van der Waals surface area (Å²) in [6.45, 7) is 11.5. The van der Waals surface area contributed by atoms with E-state index in [9.17, 15) is 9.59 Å². The predicted octanol–water partition coefficient (Wildman–Crippen LogP) is 2.29. The molecule has 2 amide bonds. The van der Waals surface area contributed by atoms with Gasteiger partial charge in [0.05, 0.1) is 12.3 Å². The summed E-state index contributed by atoms with van der Waals surface area (Å²) in [6, 6.07) is 8.02. The van der Waals surface area contributed by atoms with Gasteiger partial charge in [0.15, 0.2) is 0 Å². The molecule has 6 nitrogen and oxygen atoms in total. The summed E-state index contributed by atoms with van der Waals surface area (Å²) in [5.74, 6) is 0.958. The van der Waals surface area contributed by atoms with Gasteiger partial charge in [-0.25, -0.2) is 0 Å². The van der Waals surface area contributed by atoms with Crippen LogP contribution in [0.3, 0.4) is 0 Å². The summed E-state index contributed by atoms with van der Waals surface area (Å²) >= 11 is 0. The Bertz CT molecular complexity index is 617. The van der Waals surface area contributed by atoms with Gasteiger partial charge in [-0.05, 0) is 19.1 Å². The number of para-hydroxylation sites is 2. The Kier molecular flexibility index (Phi) is 6.89. The first-order valence-electron chi connectivity index (χ1n) is 9.35. The average molecular weight is 361 g/mol. The fourth-order valence-electron chi connectivity index (χ4n) is 2.90. The number of hydrogen-bond donors (Lipinski definition) is 1. The number of benzene rings is 1. The Labute approximate surface area is 156 Å². The van der Waals surface area contributed by atoms with Crippen molar-refractivity contribution in [2.75, 3.05) is 44.2 Å². The maximum atomic E-state index is 12.4. The van der Waals surface area contributed by atoms with Crippen molar-refractivity contribution in [1.29, 1.82) is 0 Å². The van der Waals surface area contributed by atoms with Gasteiger partial charge in [-0.1, -0.05) is 32.9 Å². The maximum Gasteiger partial charge on any atom is 0.225 e. The monoisotopic (exact) mass is 361 g/mol. The molecule has 0 aliphatic carbocycles. The van der Waals surface area contributed by atoms with E-state index in [1.807, 2.05) is 50.8 Å². The largest absolute Gasteiger partial charge is 0.492 e. The van der Waals surface area contributed by atoms with Crippen LogP contribution in [0.1, 0.15) is 34.1 Å². The molecule has 0 unspecified atom stereocenters. The Morgan fingerprint density at radius 1 is 1.12 bits per heavy atom. The van der Waals surface area contributed by atoms with Crippen molar-refractivity contribution in [3.63, 3.8) is 0 Å². The third kappa shape index (κ3) is 5.38. The molecule has 0 saturated carbocycles. The summed E-state index contributed by atoms with van der Waals surface area (Å²) in [4.78, 5) is 28.4. The molecule has 0 aromatic heterocycles. The first-order chi connectivity index (χ1) is 12.3. The smallest absolute Gasteiger partial charge is 0.225 e. The molecule has 1 aliphatic rings. The molecule has 1 aromatic carbocycles. The fraction of sp³-hybridized carbons (Fsp3) is 0.600. The van der Waals surface area contributed by atoms with Crippen LogP contribution >= 0.6 is 0 Å². The lowest BCUT2D eigenvalue weighted by atomic mass is 9.96. The molecule has 26 heavy (non-hydrogen) atoms. The highest BCUT2D eigenvalue weighted by Crippen LogP contribution is 2.28. The number of ether oxygens (including phenoxy) is 1. The molecule has 1 heterocycles. The lowest BCUT2D eigenvalue weighted by Crippen LogP contribution is -2.49. The van der Waals surface area contributed by atoms with Crippen LogP contribution in [0, 0.1) is 5.41 Å². The van der Waals surface area contributed by atoms with Crippen molar-refractivity contribution in [2.45, 2.75) is 34.1 Å². The van der Waals surface area contributed by atoms with Crippen LogP contribution in [0.2, 0.25) is 0 Å². The van der Waals surface area contributed by atoms with Crippen LogP contribution in [0.25, 0.3) is 0 Å². The van der Waals surface area contributed by atoms with Gasteiger partial charge >= 0.3 is 0 Å². The van der Waals surface area contributed by atoms with Crippen molar-refractivity contribution in [2.24, 2.45) is 5.41 Å². The molecule has 1 N–H and O–H groups in total. The van der Waals surface area contributed by atoms with Crippen molar-refractivity contribution < 1.29 is 14.3 Å². The molecule has 1 fully saturated rings. The Balaban J connectivity index is 1.81. The van der Waals surface area contributed by atoms with Gasteiger partial charge in [0.1, 0.15) is 5.75 Å². The second-order valence-corrected chi connectivity index (χ2v) is 7.52. The zero-order chi connectivity index (χ0) is 19.2. The van der Waals surface area contributed by atoms with Gasteiger partial charge in [-0.3, -0.25) is 9.59 Å². The number of rotatable bonds is 6. The first-order valence-corrected chi connectivity index (χ1v) is 9.35. The van der Waals surface area contributed by atoms with Crippen LogP contribution in [0.5, 0.6) is 5.75 Å². The quantitative estimate of drug-likeness (QED) is 0.844. The van der Waals surface area contributed by atoms with Gasteiger partial charge < -0.3 is 19.9 Å². The van der Waals surface area contributed by atoms with Gasteiger partial charge in [0, 0.05) is 44.6 Å². The van der Waals surface area contributed by atoms with Crippen molar-refractivity contribution in [3.8, 4) is 5.75 Å². The molecule has 0 spiro atoms. The highest BCUT2D eigenvalue weighted by molar-refractivity contribution is 5.82. The fourth-order valence-corrected chi connectivity index (χ4v) is 2.90. The van der Waals surface area contributed by atoms with Gasteiger partial charge in [0.2, 0.25) is 11.8 Å². The molecule has 1 aliphatic heterocycles. The summed E-state index contributed by atoms with van der Waals surface area (Å²) in [5, 5.41) is 2.84. The highest BCUT2D eigenvalue weighted by atomic mass is 16.5. The summed E-state index contributed by atoms with van der Waals surface area (Å²) < 4.78 is 5.71. The highest BCUT2D eigenvalue weighted by Gasteiger charge is 2.24. The van der Waals surface area contributed by atoms with E-state index in [1.165, 1.54) is 0 Å². The Morgan fingerprint density at radius 3 is 2.38 bits per heavy atom. The van der Waals surface area contributed by atoms with E-state index in [2.05, 4.69) is 16.3 Å². The summed E-state index contributed by atoms with van der Waals surface area (Å²) in [7, 11) is 0. The van der Waals surface area contributed by atoms with Crippen LogP contribution in [0.15, 0.2) is 24.3 Å². The maximum absolute atomic E-state index is 12.4. The van der Waals surface area contributed by atoms with Crippen molar-refractivity contribution >= 4 is 17.5 Å². The third-order valence-corrected chi connectivity index (χ3v) is 4.44. The van der Waals surface area contributed by atoms with E-state index in [0.29, 0.717) is 32.7 Å². The number of carbonyl (C=O) groups excluding carboxylic acids is 2. The number of nitrogens with zero attached hydrogens (tertiary/aromatic N) is 2. The van der Waals surface area contributed by atoms with Crippen molar-refractivity contribution in [1.82, 2.24) is 10.2 Å². The lowest BCUT2D eigenvalue weighted by molar-refractivity contribution is -0.132. The van der Waals surface area contributed by atoms with Crippen LogP contribution < -0.4 is 15.0 Å². The standard InChI is InChI=1S/C20H31N3O3/c1-5-26-17-9-7-6-8-16(17)22-12-14-23(15-13-22)18(24)10-11-21-19(25)20(2,3)4/h6-9H,5,10-15H2,1-4H3,(H,21,25). The minimum absolute atomic E-state index is 0.0253. The van der Waals surface area contributed by atoms with Crippen LogP contribution in [-0.2, 0) is 9.59 Å². The van der Waals surface area contributed by atoms with Crippen LogP contribution in [-0.4, -0.2) is 56.0 Å². The molecule has 0 atom stereocenters. The number of amides is 2. The third-order valence-electron chi connectivity index (χ3n) is 4.44. The topological polar surface area (TPSA) is 61.9 Å². The van der Waals surface area contributed by atoms with Crippen molar-refractivity contribution in [3.05, 3.63) is 24.3 Å². The van der Waals surface area contributed by atoms with Crippen LogP contribution in [0.4, 0.5) is 5.69 Å². The predicted molar refractivity (Wildman–Crippen MR) is 103 cm³/mol. The number of piperazine rings is 1. The average Bonchev–Trinajstić information content (AvgIpc) is 2.61. The molecule has 0 bridgehead atoms. The number of hydrogen-bond acceptors (Lipinski definition) is 4. The molecule has 0 radical (unpaired) electrons. The molecular weight excluding hydrogens is 330 g/mol. The van der Waals surface area contributed by atoms with E-state index in [1.54, 1.807) is 0 Å². The SMILES string of the molecule is CCOc1ccccc1N1CCN(C(=O)CCNC(=O)C(C)(C)C)CC1. The minimum atomic E-state index is -0.428. The minimum Gasteiger partial charge on any atom is -0.492 e. The summed E-state index contributed by atoms with van der Waals surface area (Å²) in [5.41, 5.74) is 0.654. The zero-order valence-corrected chi connectivity index (χ0v) is 16.4. The van der Waals surface area contributed by atoms with Gasteiger partial charge in [0.25, 0.3) is 0 Å². The van der Waals surface area contributed by atoms with E-state index >= 15 is 0 Å². The van der Waals surface area contributed by atoms with Gasteiger partial charge in [-0.2, -0.15) is 0 Å². The van der Waals surface area contributed by atoms with E-state index in [0.717, 1.165) is 24.5 Å². The van der Waals surface area contributed by atoms with E-state index < -0.39 is 5.41 Å². The summed E-state index contributed by atoms with van der Waals surface area (Å²) in [6.07, 6.45) is 0.345. The molecule has 2 rings (SSSR count).